The SMILES string of the molecule is CCCNC(=O)CN1CCC(NC(C)c2cccc(CO)c2)CC1. The molecule has 1 aliphatic rings. The quantitative estimate of drug-likeness (QED) is 0.679. The van der Waals surface area contributed by atoms with Crippen molar-refractivity contribution in [2.75, 3.05) is 26.2 Å². The summed E-state index contributed by atoms with van der Waals surface area (Å²) < 4.78 is 0. The Hall–Kier alpha value is -1.43. The van der Waals surface area contributed by atoms with Gasteiger partial charge in [0.15, 0.2) is 0 Å². The van der Waals surface area contributed by atoms with Gasteiger partial charge in [-0.3, -0.25) is 9.69 Å². The average molecular weight is 333 g/mol. The fourth-order valence-electron chi connectivity index (χ4n) is 3.19. The number of carbonyl (C=O) groups is 1. The van der Waals surface area contributed by atoms with Gasteiger partial charge in [-0.15, -0.1) is 0 Å². The third-order valence-electron chi connectivity index (χ3n) is 4.65. The van der Waals surface area contributed by atoms with E-state index in [1.165, 1.54) is 5.56 Å². The van der Waals surface area contributed by atoms with Gasteiger partial charge in [-0.25, -0.2) is 0 Å². The van der Waals surface area contributed by atoms with E-state index in [9.17, 15) is 9.90 Å². The van der Waals surface area contributed by atoms with Gasteiger partial charge >= 0.3 is 0 Å². The molecule has 5 nitrogen and oxygen atoms in total. The topological polar surface area (TPSA) is 64.6 Å². The smallest absolute Gasteiger partial charge is 0.234 e. The van der Waals surface area contributed by atoms with Gasteiger partial charge in [0.2, 0.25) is 5.91 Å². The lowest BCUT2D eigenvalue weighted by Gasteiger charge is -2.33. The maximum absolute atomic E-state index is 11.8. The van der Waals surface area contributed by atoms with Gasteiger partial charge in [-0.2, -0.15) is 0 Å². The van der Waals surface area contributed by atoms with Crippen LogP contribution in [0.25, 0.3) is 0 Å². The van der Waals surface area contributed by atoms with E-state index in [4.69, 9.17) is 0 Å². The zero-order chi connectivity index (χ0) is 17.4. The van der Waals surface area contributed by atoms with Crippen LogP contribution in [0.2, 0.25) is 0 Å². The lowest BCUT2D eigenvalue weighted by molar-refractivity contribution is -0.122. The molecule has 24 heavy (non-hydrogen) atoms. The van der Waals surface area contributed by atoms with Crippen molar-refractivity contribution < 1.29 is 9.90 Å². The van der Waals surface area contributed by atoms with Crippen LogP contribution in [-0.4, -0.2) is 48.1 Å². The highest BCUT2D eigenvalue weighted by Crippen LogP contribution is 2.18. The molecule has 0 radical (unpaired) electrons. The minimum absolute atomic E-state index is 0.0824. The van der Waals surface area contributed by atoms with Crippen LogP contribution < -0.4 is 10.6 Å². The van der Waals surface area contributed by atoms with E-state index in [0.29, 0.717) is 12.6 Å². The number of likely N-dealkylation sites (tertiary alicyclic amines) is 1. The molecule has 1 saturated heterocycles. The molecular weight excluding hydrogens is 302 g/mol. The van der Waals surface area contributed by atoms with E-state index in [0.717, 1.165) is 44.5 Å². The third kappa shape index (κ3) is 5.89. The summed E-state index contributed by atoms with van der Waals surface area (Å²) in [7, 11) is 0. The molecule has 0 saturated carbocycles. The monoisotopic (exact) mass is 333 g/mol. The summed E-state index contributed by atoms with van der Waals surface area (Å²) in [4.78, 5) is 14.0. The summed E-state index contributed by atoms with van der Waals surface area (Å²) in [6, 6.07) is 8.85. The molecule has 0 aromatic heterocycles. The Kier molecular flexibility index (Phi) is 7.69. The van der Waals surface area contributed by atoms with Gasteiger partial charge in [-0.05, 0) is 37.3 Å². The minimum atomic E-state index is 0.0824. The minimum Gasteiger partial charge on any atom is -0.392 e. The summed E-state index contributed by atoms with van der Waals surface area (Å²) in [6.07, 6.45) is 3.10. The maximum atomic E-state index is 11.8. The van der Waals surface area contributed by atoms with E-state index in [2.05, 4.69) is 41.5 Å². The van der Waals surface area contributed by atoms with Crippen molar-refractivity contribution in [3.63, 3.8) is 0 Å². The summed E-state index contributed by atoms with van der Waals surface area (Å²) in [5.74, 6) is 0.137. The number of nitrogens with zero attached hydrogens (tertiary/aromatic N) is 1. The molecule has 1 fully saturated rings. The summed E-state index contributed by atoms with van der Waals surface area (Å²) in [6.45, 7) is 7.51. The van der Waals surface area contributed by atoms with Crippen molar-refractivity contribution >= 4 is 5.91 Å². The normalized spacial score (nSPS) is 17.6. The average Bonchev–Trinajstić information content (AvgIpc) is 2.61. The van der Waals surface area contributed by atoms with Crippen LogP contribution in [-0.2, 0) is 11.4 Å². The van der Waals surface area contributed by atoms with Gasteiger partial charge in [0.1, 0.15) is 0 Å². The second-order valence-corrected chi connectivity index (χ2v) is 6.69. The molecule has 2 rings (SSSR count). The van der Waals surface area contributed by atoms with E-state index in [1.807, 2.05) is 12.1 Å². The van der Waals surface area contributed by atoms with Crippen molar-refractivity contribution in [2.45, 2.75) is 51.8 Å². The Morgan fingerprint density at radius 3 is 2.79 bits per heavy atom. The Bertz CT molecular complexity index is 513. The van der Waals surface area contributed by atoms with Crippen LogP contribution in [0.5, 0.6) is 0 Å². The van der Waals surface area contributed by atoms with Crippen molar-refractivity contribution in [1.29, 1.82) is 0 Å². The van der Waals surface area contributed by atoms with E-state index in [-0.39, 0.29) is 18.6 Å². The van der Waals surface area contributed by atoms with Crippen LogP contribution in [0.15, 0.2) is 24.3 Å². The molecule has 1 aromatic carbocycles. The number of amides is 1. The Morgan fingerprint density at radius 1 is 1.38 bits per heavy atom. The van der Waals surface area contributed by atoms with Gasteiger partial charge in [-0.1, -0.05) is 31.2 Å². The molecule has 1 atom stereocenters. The van der Waals surface area contributed by atoms with Crippen molar-refractivity contribution in [3.8, 4) is 0 Å². The molecule has 1 aliphatic heterocycles. The molecule has 0 aliphatic carbocycles. The van der Waals surface area contributed by atoms with Crippen molar-refractivity contribution in [2.24, 2.45) is 0 Å². The van der Waals surface area contributed by atoms with E-state index < -0.39 is 0 Å². The first kappa shape index (κ1) is 18.9. The lowest BCUT2D eigenvalue weighted by Crippen LogP contribution is -2.46. The molecule has 0 bridgehead atoms. The number of aliphatic hydroxyl groups is 1. The zero-order valence-corrected chi connectivity index (χ0v) is 14.9. The lowest BCUT2D eigenvalue weighted by atomic mass is 10.0. The molecule has 0 spiro atoms. The predicted octanol–water partition coefficient (Wildman–Crippen LogP) is 1.82. The number of rotatable bonds is 8. The first-order chi connectivity index (χ1) is 11.6. The fourth-order valence-corrected chi connectivity index (χ4v) is 3.19. The summed E-state index contributed by atoms with van der Waals surface area (Å²) in [5.41, 5.74) is 2.16. The molecule has 1 aromatic rings. The second-order valence-electron chi connectivity index (χ2n) is 6.69. The Balaban J connectivity index is 1.75. The number of benzene rings is 1. The first-order valence-corrected chi connectivity index (χ1v) is 9.07. The van der Waals surface area contributed by atoms with Gasteiger partial charge < -0.3 is 15.7 Å². The largest absolute Gasteiger partial charge is 0.392 e. The van der Waals surface area contributed by atoms with Gasteiger partial charge in [0.05, 0.1) is 13.2 Å². The van der Waals surface area contributed by atoms with Crippen molar-refractivity contribution in [1.82, 2.24) is 15.5 Å². The Labute approximate surface area is 145 Å². The first-order valence-electron chi connectivity index (χ1n) is 9.07. The van der Waals surface area contributed by atoms with Crippen LogP contribution in [0.4, 0.5) is 0 Å². The van der Waals surface area contributed by atoms with E-state index in [1.54, 1.807) is 0 Å². The maximum Gasteiger partial charge on any atom is 0.234 e. The Morgan fingerprint density at radius 2 is 2.12 bits per heavy atom. The molecule has 1 heterocycles. The number of nitrogens with one attached hydrogen (secondary N) is 2. The molecule has 1 amide bonds. The number of piperidine rings is 1. The highest BCUT2D eigenvalue weighted by molar-refractivity contribution is 5.77. The number of carbonyl (C=O) groups excluding carboxylic acids is 1. The second kappa shape index (κ2) is 9.77. The van der Waals surface area contributed by atoms with Gasteiger partial charge in [0, 0.05) is 31.7 Å². The van der Waals surface area contributed by atoms with Crippen LogP contribution in [0, 0.1) is 0 Å². The predicted molar refractivity (Wildman–Crippen MR) is 96.7 cm³/mol. The van der Waals surface area contributed by atoms with Crippen molar-refractivity contribution in [3.05, 3.63) is 35.4 Å². The highest BCUT2D eigenvalue weighted by atomic mass is 16.3. The van der Waals surface area contributed by atoms with Crippen LogP contribution >= 0.6 is 0 Å². The summed E-state index contributed by atoms with van der Waals surface area (Å²) >= 11 is 0. The molecule has 3 N–H and O–H groups in total. The fraction of sp³-hybridized carbons (Fsp3) is 0.632. The number of hydrogen-bond acceptors (Lipinski definition) is 4. The third-order valence-corrected chi connectivity index (χ3v) is 4.65. The zero-order valence-electron chi connectivity index (χ0n) is 14.9. The number of aliphatic hydroxyl groups excluding tert-OH is 1. The summed E-state index contributed by atoms with van der Waals surface area (Å²) in [5, 5.41) is 15.9. The highest BCUT2D eigenvalue weighted by Gasteiger charge is 2.22. The number of hydrogen-bond donors (Lipinski definition) is 3. The molecule has 5 heteroatoms. The van der Waals surface area contributed by atoms with Crippen LogP contribution in [0.1, 0.15) is 50.3 Å². The van der Waals surface area contributed by atoms with Gasteiger partial charge in [0.25, 0.3) is 0 Å². The van der Waals surface area contributed by atoms with Crippen LogP contribution in [0.3, 0.4) is 0 Å². The molecule has 134 valence electrons. The molecular formula is C19H31N3O2. The standard InChI is InChI=1S/C19H31N3O2/c1-3-9-20-19(24)13-22-10-7-18(8-11-22)21-15(2)17-6-4-5-16(12-17)14-23/h4-6,12,15,18,21,23H,3,7-11,13-14H2,1-2H3,(H,20,24). The molecule has 1 unspecified atom stereocenters. The van der Waals surface area contributed by atoms with E-state index >= 15 is 0 Å².